The van der Waals surface area contributed by atoms with Crippen LogP contribution in [0.15, 0.2) is 40.8 Å². The van der Waals surface area contributed by atoms with E-state index in [2.05, 4.69) is 10.6 Å². The summed E-state index contributed by atoms with van der Waals surface area (Å²) in [5.74, 6) is 0.750. The quantitative estimate of drug-likeness (QED) is 0.871. The molecule has 0 unspecified atom stereocenters. The van der Waals surface area contributed by atoms with Gasteiger partial charge in [-0.25, -0.2) is 0 Å². The Kier molecular flexibility index (Phi) is 4.69. The molecule has 0 spiro atoms. The molecule has 1 aromatic heterocycles. The van der Waals surface area contributed by atoms with E-state index in [9.17, 15) is 4.79 Å². The van der Waals surface area contributed by atoms with Crippen LogP contribution in [0.3, 0.4) is 0 Å². The van der Waals surface area contributed by atoms with Crippen molar-refractivity contribution in [3.63, 3.8) is 0 Å². The van der Waals surface area contributed by atoms with Crippen LogP contribution in [-0.4, -0.2) is 5.91 Å². The maximum atomic E-state index is 11.6. The second-order valence-electron chi connectivity index (χ2n) is 4.78. The minimum absolute atomic E-state index is 0.0101. The van der Waals surface area contributed by atoms with Gasteiger partial charge in [-0.3, -0.25) is 4.79 Å². The van der Waals surface area contributed by atoms with Gasteiger partial charge in [-0.1, -0.05) is 13.8 Å². The summed E-state index contributed by atoms with van der Waals surface area (Å²) >= 11 is 5.70. The van der Waals surface area contributed by atoms with Crippen molar-refractivity contribution < 1.29 is 9.21 Å². The lowest BCUT2D eigenvalue weighted by atomic mass is 10.2. The molecule has 106 valence electrons. The summed E-state index contributed by atoms with van der Waals surface area (Å²) in [6, 6.07) is 11.1. The highest BCUT2D eigenvalue weighted by molar-refractivity contribution is 6.28. The Hall–Kier alpha value is -1.94. The number of halogens is 1. The molecule has 2 N–H and O–H groups in total. The fourth-order valence-corrected chi connectivity index (χ4v) is 1.76. The molecule has 0 aliphatic heterocycles. The van der Waals surface area contributed by atoms with E-state index in [1.807, 2.05) is 44.2 Å². The second-order valence-corrected chi connectivity index (χ2v) is 5.15. The van der Waals surface area contributed by atoms with Crippen molar-refractivity contribution in [3.8, 4) is 0 Å². The van der Waals surface area contributed by atoms with E-state index in [0.29, 0.717) is 11.8 Å². The summed E-state index contributed by atoms with van der Waals surface area (Å²) in [6.07, 6.45) is 0. The molecule has 1 amide bonds. The highest BCUT2D eigenvalue weighted by Crippen LogP contribution is 2.17. The fraction of sp³-hybridized carbons (Fsp3) is 0.267. The molecule has 0 saturated heterocycles. The molecule has 5 heteroatoms. The minimum Gasteiger partial charge on any atom is -0.448 e. The number of anilines is 2. The molecule has 0 aliphatic rings. The molecule has 20 heavy (non-hydrogen) atoms. The van der Waals surface area contributed by atoms with Crippen molar-refractivity contribution in [1.29, 1.82) is 0 Å². The van der Waals surface area contributed by atoms with Gasteiger partial charge in [-0.15, -0.1) is 0 Å². The molecule has 0 fully saturated rings. The van der Waals surface area contributed by atoms with Gasteiger partial charge in [0, 0.05) is 17.3 Å². The molecule has 2 rings (SSSR count). The van der Waals surface area contributed by atoms with E-state index in [-0.39, 0.29) is 11.8 Å². The van der Waals surface area contributed by atoms with Gasteiger partial charge in [0.05, 0.1) is 6.54 Å². The highest BCUT2D eigenvalue weighted by Gasteiger charge is 2.06. The number of hydrogen-bond acceptors (Lipinski definition) is 3. The predicted molar refractivity (Wildman–Crippen MR) is 81.0 cm³/mol. The summed E-state index contributed by atoms with van der Waals surface area (Å²) in [7, 11) is 0. The van der Waals surface area contributed by atoms with Crippen LogP contribution >= 0.6 is 11.6 Å². The number of carbonyl (C=O) groups excluding carboxylic acids is 1. The number of rotatable bonds is 5. The number of carbonyl (C=O) groups is 1. The van der Waals surface area contributed by atoms with Crippen molar-refractivity contribution in [2.24, 2.45) is 5.92 Å². The molecule has 0 radical (unpaired) electrons. The van der Waals surface area contributed by atoms with Crippen LogP contribution in [0.1, 0.15) is 19.6 Å². The molecule has 1 aromatic carbocycles. The van der Waals surface area contributed by atoms with Crippen molar-refractivity contribution >= 4 is 28.9 Å². The fourth-order valence-electron chi connectivity index (χ4n) is 1.59. The maximum Gasteiger partial charge on any atom is 0.226 e. The Morgan fingerprint density at radius 3 is 2.35 bits per heavy atom. The van der Waals surface area contributed by atoms with Gasteiger partial charge < -0.3 is 15.1 Å². The first kappa shape index (κ1) is 14.5. The molecule has 0 saturated carbocycles. The Labute approximate surface area is 123 Å². The number of nitrogens with one attached hydrogen (secondary N) is 2. The van der Waals surface area contributed by atoms with Gasteiger partial charge in [-0.05, 0) is 48.0 Å². The zero-order valence-corrected chi connectivity index (χ0v) is 12.2. The van der Waals surface area contributed by atoms with E-state index in [1.54, 1.807) is 6.07 Å². The smallest absolute Gasteiger partial charge is 0.226 e. The van der Waals surface area contributed by atoms with E-state index in [1.165, 1.54) is 0 Å². The summed E-state index contributed by atoms with van der Waals surface area (Å²) in [5.41, 5.74) is 1.73. The van der Waals surface area contributed by atoms with Crippen molar-refractivity contribution in [1.82, 2.24) is 0 Å². The van der Waals surface area contributed by atoms with Gasteiger partial charge in [0.25, 0.3) is 0 Å². The largest absolute Gasteiger partial charge is 0.448 e. The van der Waals surface area contributed by atoms with Gasteiger partial charge >= 0.3 is 0 Å². The second kappa shape index (κ2) is 6.48. The monoisotopic (exact) mass is 292 g/mol. The van der Waals surface area contributed by atoms with E-state index >= 15 is 0 Å². The molecule has 0 bridgehead atoms. The first-order valence-corrected chi connectivity index (χ1v) is 6.81. The Morgan fingerprint density at radius 1 is 1.15 bits per heavy atom. The number of furan rings is 1. The molecule has 1 heterocycles. The highest BCUT2D eigenvalue weighted by atomic mass is 35.5. The molecule has 0 aliphatic carbocycles. The van der Waals surface area contributed by atoms with Gasteiger partial charge in [0.15, 0.2) is 5.22 Å². The zero-order valence-electron chi connectivity index (χ0n) is 11.4. The van der Waals surface area contributed by atoms with Crippen LogP contribution in [0.4, 0.5) is 11.4 Å². The summed E-state index contributed by atoms with van der Waals surface area (Å²) < 4.78 is 5.25. The first-order chi connectivity index (χ1) is 9.54. The number of amides is 1. The normalized spacial score (nSPS) is 10.6. The molecule has 2 aromatic rings. The van der Waals surface area contributed by atoms with E-state index < -0.39 is 0 Å². The Bertz CT molecular complexity index is 576. The Balaban J connectivity index is 1.89. The van der Waals surface area contributed by atoms with Gasteiger partial charge in [0.1, 0.15) is 5.76 Å². The molecule has 0 atom stereocenters. The third-order valence-electron chi connectivity index (χ3n) is 2.77. The van der Waals surface area contributed by atoms with Crippen molar-refractivity contribution in [2.75, 3.05) is 10.6 Å². The lowest BCUT2D eigenvalue weighted by Crippen LogP contribution is -2.17. The van der Waals surface area contributed by atoms with Crippen LogP contribution in [0.5, 0.6) is 0 Å². The summed E-state index contributed by atoms with van der Waals surface area (Å²) in [6.45, 7) is 4.28. The van der Waals surface area contributed by atoms with Crippen LogP contribution in [0.25, 0.3) is 0 Å². The third-order valence-corrected chi connectivity index (χ3v) is 2.98. The number of benzene rings is 1. The van der Waals surface area contributed by atoms with E-state index in [0.717, 1.165) is 17.1 Å². The lowest BCUT2D eigenvalue weighted by Gasteiger charge is -2.09. The lowest BCUT2D eigenvalue weighted by molar-refractivity contribution is -0.118. The van der Waals surface area contributed by atoms with Gasteiger partial charge in [-0.2, -0.15) is 0 Å². The van der Waals surface area contributed by atoms with E-state index in [4.69, 9.17) is 16.0 Å². The van der Waals surface area contributed by atoms with Crippen molar-refractivity contribution in [3.05, 3.63) is 47.4 Å². The summed E-state index contributed by atoms with van der Waals surface area (Å²) in [4.78, 5) is 11.6. The average molecular weight is 293 g/mol. The minimum atomic E-state index is -0.0310. The van der Waals surface area contributed by atoms with Crippen LogP contribution in [0, 0.1) is 5.92 Å². The van der Waals surface area contributed by atoms with Crippen molar-refractivity contribution in [2.45, 2.75) is 20.4 Å². The maximum absolute atomic E-state index is 11.6. The van der Waals surface area contributed by atoms with Crippen LogP contribution in [-0.2, 0) is 11.3 Å². The third kappa shape index (κ3) is 4.03. The Morgan fingerprint density at radius 2 is 1.80 bits per heavy atom. The topological polar surface area (TPSA) is 54.3 Å². The zero-order chi connectivity index (χ0) is 14.5. The predicted octanol–water partition coefficient (Wildman–Crippen LogP) is 4.14. The number of hydrogen-bond donors (Lipinski definition) is 2. The molecule has 4 nitrogen and oxygen atoms in total. The standard InChI is InChI=1S/C15H17ClN2O2/c1-10(2)15(19)18-12-5-3-11(4-6-12)17-9-13-7-8-14(16)20-13/h3-8,10,17H,9H2,1-2H3,(H,18,19). The van der Waals surface area contributed by atoms with Gasteiger partial charge in [0.2, 0.25) is 5.91 Å². The first-order valence-electron chi connectivity index (χ1n) is 6.43. The van der Waals surface area contributed by atoms with Crippen LogP contribution in [0.2, 0.25) is 5.22 Å². The SMILES string of the molecule is CC(C)C(=O)Nc1ccc(NCc2ccc(Cl)o2)cc1. The molecular formula is C15H17ClN2O2. The van der Waals surface area contributed by atoms with Crippen LogP contribution < -0.4 is 10.6 Å². The summed E-state index contributed by atoms with van der Waals surface area (Å²) in [5, 5.41) is 6.44. The molecular weight excluding hydrogens is 276 g/mol. The average Bonchev–Trinajstić information content (AvgIpc) is 2.83.